The minimum Gasteiger partial charge on any atom is -0.182 e. The SMILES string of the molecule is CC1(c2ccccc2)CC(C(F)(F)F)(C(F)(F)F)N=N1. The molecule has 2 rings (SSSR count). The molecule has 1 aliphatic heterocycles. The topological polar surface area (TPSA) is 24.7 Å². The van der Waals surface area contributed by atoms with Crippen LogP contribution in [0.1, 0.15) is 18.9 Å². The van der Waals surface area contributed by atoms with Gasteiger partial charge < -0.3 is 0 Å². The third-order valence-corrected chi connectivity index (χ3v) is 3.38. The van der Waals surface area contributed by atoms with Gasteiger partial charge in [-0.3, -0.25) is 0 Å². The lowest BCUT2D eigenvalue weighted by atomic mass is 9.80. The van der Waals surface area contributed by atoms with Crippen LogP contribution >= 0.6 is 0 Å². The van der Waals surface area contributed by atoms with Gasteiger partial charge in [0.2, 0.25) is 0 Å². The summed E-state index contributed by atoms with van der Waals surface area (Å²) in [6.45, 7) is 1.21. The summed E-state index contributed by atoms with van der Waals surface area (Å²) in [6, 6.07) is 7.53. The molecule has 1 aromatic carbocycles. The first-order chi connectivity index (χ1) is 9.02. The maximum atomic E-state index is 12.9. The third kappa shape index (κ3) is 2.06. The fourth-order valence-electron chi connectivity index (χ4n) is 2.20. The Bertz CT molecular complexity index is 505. The lowest BCUT2D eigenvalue weighted by Gasteiger charge is -2.32. The van der Waals surface area contributed by atoms with Gasteiger partial charge in [0.15, 0.2) is 0 Å². The normalized spacial score (nSPS) is 25.9. The number of rotatable bonds is 1. The highest BCUT2D eigenvalue weighted by Crippen LogP contribution is 2.56. The molecular weight excluding hydrogens is 286 g/mol. The van der Waals surface area contributed by atoms with Crippen LogP contribution in [0.3, 0.4) is 0 Å². The molecule has 1 aromatic rings. The van der Waals surface area contributed by atoms with Gasteiger partial charge in [-0.1, -0.05) is 30.3 Å². The molecule has 0 fully saturated rings. The Balaban J connectivity index is 2.47. The number of nitrogens with zero attached hydrogens (tertiary/aromatic N) is 2. The number of hydrogen-bond donors (Lipinski definition) is 0. The molecule has 0 saturated heterocycles. The average molecular weight is 296 g/mol. The molecule has 0 bridgehead atoms. The molecule has 0 amide bonds. The molecule has 1 unspecified atom stereocenters. The summed E-state index contributed by atoms with van der Waals surface area (Å²) in [7, 11) is 0. The molecule has 1 heterocycles. The Morgan fingerprint density at radius 1 is 0.900 bits per heavy atom. The molecule has 1 aliphatic rings. The van der Waals surface area contributed by atoms with Gasteiger partial charge in [0.05, 0.1) is 0 Å². The zero-order valence-electron chi connectivity index (χ0n) is 10.3. The van der Waals surface area contributed by atoms with E-state index in [1.54, 1.807) is 6.07 Å². The Morgan fingerprint density at radius 3 is 1.80 bits per heavy atom. The monoisotopic (exact) mass is 296 g/mol. The minimum atomic E-state index is -5.54. The van der Waals surface area contributed by atoms with Crippen LogP contribution in [0.5, 0.6) is 0 Å². The quantitative estimate of drug-likeness (QED) is 0.675. The van der Waals surface area contributed by atoms with E-state index in [1.165, 1.54) is 31.2 Å². The average Bonchev–Trinajstić information content (AvgIpc) is 2.70. The van der Waals surface area contributed by atoms with Crippen molar-refractivity contribution in [1.29, 1.82) is 0 Å². The van der Waals surface area contributed by atoms with Crippen molar-refractivity contribution < 1.29 is 26.3 Å². The van der Waals surface area contributed by atoms with E-state index in [0.717, 1.165) is 0 Å². The van der Waals surface area contributed by atoms with E-state index in [-0.39, 0.29) is 5.56 Å². The van der Waals surface area contributed by atoms with Gasteiger partial charge in [-0.05, 0) is 12.5 Å². The molecule has 8 heteroatoms. The molecule has 0 spiro atoms. The van der Waals surface area contributed by atoms with E-state index < -0.39 is 29.9 Å². The fourth-order valence-corrected chi connectivity index (χ4v) is 2.20. The molecule has 0 N–H and O–H groups in total. The largest absolute Gasteiger partial charge is 0.424 e. The van der Waals surface area contributed by atoms with Crippen molar-refractivity contribution in [2.24, 2.45) is 10.2 Å². The smallest absolute Gasteiger partial charge is 0.182 e. The van der Waals surface area contributed by atoms with Crippen LogP contribution in [0, 0.1) is 0 Å². The van der Waals surface area contributed by atoms with Gasteiger partial charge in [-0.2, -0.15) is 36.6 Å². The Labute approximate surface area is 110 Å². The van der Waals surface area contributed by atoms with Crippen LogP contribution in [0.4, 0.5) is 26.3 Å². The van der Waals surface area contributed by atoms with Crippen molar-refractivity contribution in [1.82, 2.24) is 0 Å². The van der Waals surface area contributed by atoms with E-state index >= 15 is 0 Å². The van der Waals surface area contributed by atoms with Crippen molar-refractivity contribution in [2.45, 2.75) is 36.8 Å². The van der Waals surface area contributed by atoms with Gasteiger partial charge in [0.25, 0.3) is 5.54 Å². The summed E-state index contributed by atoms with van der Waals surface area (Å²) in [4.78, 5) is 0. The first-order valence-electron chi connectivity index (χ1n) is 5.65. The fraction of sp³-hybridized carbons (Fsp3) is 0.500. The minimum absolute atomic E-state index is 0.263. The summed E-state index contributed by atoms with van der Waals surface area (Å²) >= 11 is 0. The van der Waals surface area contributed by atoms with E-state index in [1.807, 2.05) is 0 Å². The second-order valence-corrected chi connectivity index (χ2v) is 4.87. The molecule has 0 saturated carbocycles. The van der Waals surface area contributed by atoms with E-state index in [9.17, 15) is 26.3 Å². The van der Waals surface area contributed by atoms with Crippen molar-refractivity contribution in [3.8, 4) is 0 Å². The molecule has 110 valence electrons. The predicted molar refractivity (Wildman–Crippen MR) is 58.1 cm³/mol. The van der Waals surface area contributed by atoms with Gasteiger partial charge in [0, 0.05) is 6.42 Å². The summed E-state index contributed by atoms with van der Waals surface area (Å²) in [6.07, 6.45) is -12.4. The highest BCUT2D eigenvalue weighted by Gasteiger charge is 2.75. The second-order valence-electron chi connectivity index (χ2n) is 4.87. The molecule has 0 aromatic heterocycles. The maximum absolute atomic E-state index is 12.9. The first-order valence-corrected chi connectivity index (χ1v) is 5.65. The highest BCUT2D eigenvalue weighted by atomic mass is 19.4. The van der Waals surface area contributed by atoms with E-state index in [0.29, 0.717) is 0 Å². The molecule has 0 aliphatic carbocycles. The van der Waals surface area contributed by atoms with Crippen molar-refractivity contribution >= 4 is 0 Å². The standard InChI is InChI=1S/C12H10F6N2/c1-9(8-5-3-2-4-6-8)7-10(20-19-9,11(13,14)15)12(16,17)18/h2-6H,7H2,1H3. The number of azo groups is 1. The van der Waals surface area contributed by atoms with Crippen LogP contribution < -0.4 is 0 Å². The maximum Gasteiger partial charge on any atom is 0.424 e. The van der Waals surface area contributed by atoms with Crippen molar-refractivity contribution in [2.75, 3.05) is 0 Å². The second kappa shape index (κ2) is 4.20. The van der Waals surface area contributed by atoms with Gasteiger partial charge >= 0.3 is 12.4 Å². The molecule has 0 radical (unpaired) electrons. The summed E-state index contributed by atoms with van der Waals surface area (Å²) in [5.74, 6) is 0. The number of alkyl halides is 6. The Hall–Kier alpha value is -1.60. The van der Waals surface area contributed by atoms with Crippen LogP contribution in [0.2, 0.25) is 0 Å². The van der Waals surface area contributed by atoms with Crippen LogP contribution in [-0.2, 0) is 5.54 Å². The van der Waals surface area contributed by atoms with E-state index in [2.05, 4.69) is 10.2 Å². The first kappa shape index (κ1) is 14.8. The third-order valence-electron chi connectivity index (χ3n) is 3.38. The summed E-state index contributed by atoms with van der Waals surface area (Å²) in [5.41, 5.74) is -5.52. The zero-order chi connectivity index (χ0) is 15.2. The zero-order valence-corrected chi connectivity index (χ0v) is 10.3. The summed E-state index contributed by atoms with van der Waals surface area (Å²) in [5, 5.41) is 5.92. The van der Waals surface area contributed by atoms with Crippen LogP contribution in [0.15, 0.2) is 40.6 Å². The Morgan fingerprint density at radius 2 is 1.40 bits per heavy atom. The Kier molecular flexibility index (Phi) is 3.10. The molecule has 1 atom stereocenters. The van der Waals surface area contributed by atoms with Gasteiger partial charge in [-0.25, -0.2) is 0 Å². The summed E-state index contributed by atoms with van der Waals surface area (Å²) < 4.78 is 77.4. The van der Waals surface area contributed by atoms with Gasteiger partial charge in [-0.15, -0.1) is 0 Å². The van der Waals surface area contributed by atoms with Crippen LogP contribution in [0.25, 0.3) is 0 Å². The van der Waals surface area contributed by atoms with Gasteiger partial charge in [0.1, 0.15) is 5.54 Å². The predicted octanol–water partition coefficient (Wildman–Crippen LogP) is 4.62. The molecular formula is C12H10F6N2. The highest BCUT2D eigenvalue weighted by molar-refractivity contribution is 5.27. The van der Waals surface area contributed by atoms with Crippen LogP contribution in [-0.4, -0.2) is 17.9 Å². The molecule has 20 heavy (non-hydrogen) atoms. The lowest BCUT2D eigenvalue weighted by molar-refractivity contribution is -0.296. The van der Waals surface area contributed by atoms with Crippen molar-refractivity contribution in [3.63, 3.8) is 0 Å². The van der Waals surface area contributed by atoms with Crippen molar-refractivity contribution in [3.05, 3.63) is 35.9 Å². The number of benzene rings is 1. The lowest BCUT2D eigenvalue weighted by Crippen LogP contribution is -2.55. The number of hydrogen-bond acceptors (Lipinski definition) is 2. The number of halogens is 6. The molecule has 2 nitrogen and oxygen atoms in total. The van der Waals surface area contributed by atoms with E-state index in [4.69, 9.17) is 0 Å².